The van der Waals surface area contributed by atoms with E-state index >= 15 is 0 Å². The van der Waals surface area contributed by atoms with Gasteiger partial charge in [0.15, 0.2) is 0 Å². The first kappa shape index (κ1) is 20.0. The zero-order valence-electron chi connectivity index (χ0n) is 17.4. The van der Waals surface area contributed by atoms with Gasteiger partial charge in [0.05, 0.1) is 28.5 Å². The summed E-state index contributed by atoms with van der Waals surface area (Å²) in [5.41, 5.74) is 5.16. The van der Waals surface area contributed by atoms with Crippen LogP contribution in [0, 0.1) is 6.92 Å². The topological polar surface area (TPSA) is 51.0 Å². The molecule has 0 unspecified atom stereocenters. The molecule has 0 fully saturated rings. The van der Waals surface area contributed by atoms with Crippen molar-refractivity contribution in [3.8, 4) is 16.9 Å². The molecule has 6 heteroatoms. The lowest BCUT2D eigenvalue weighted by molar-refractivity contribution is 0.0784. The predicted molar refractivity (Wildman–Crippen MR) is 121 cm³/mol. The third kappa shape index (κ3) is 4.04. The Morgan fingerprint density at radius 3 is 2.53 bits per heavy atom. The SMILES string of the molecule is CCc1nc(CN(C)C(=O)c2cn(-c3ccccc3)nc2-c2ccccc2C)cs1. The standard InChI is InChI=1S/C24H24N4OS/c1-4-22-25-18(16-30-22)14-27(3)24(29)21-15-28(19-11-6-5-7-12-19)26-23(21)20-13-9-8-10-17(20)2/h5-13,15-16H,4,14H2,1-3H3. The van der Waals surface area contributed by atoms with Gasteiger partial charge < -0.3 is 4.90 Å². The third-order valence-corrected chi connectivity index (χ3v) is 6.06. The Balaban J connectivity index is 1.72. The van der Waals surface area contributed by atoms with Crippen molar-refractivity contribution in [2.24, 2.45) is 0 Å². The Morgan fingerprint density at radius 2 is 1.83 bits per heavy atom. The number of amides is 1. The molecule has 0 N–H and O–H groups in total. The van der Waals surface area contributed by atoms with Gasteiger partial charge in [-0.2, -0.15) is 5.10 Å². The van der Waals surface area contributed by atoms with Crippen LogP contribution in [-0.4, -0.2) is 32.6 Å². The maximum Gasteiger partial charge on any atom is 0.257 e. The molecule has 4 aromatic rings. The van der Waals surface area contributed by atoms with E-state index in [-0.39, 0.29) is 5.91 Å². The molecule has 30 heavy (non-hydrogen) atoms. The van der Waals surface area contributed by atoms with Gasteiger partial charge in [-0.05, 0) is 31.0 Å². The first-order valence-corrected chi connectivity index (χ1v) is 10.8. The van der Waals surface area contributed by atoms with Crippen LogP contribution in [0.25, 0.3) is 16.9 Å². The average molecular weight is 417 g/mol. The summed E-state index contributed by atoms with van der Waals surface area (Å²) in [5.74, 6) is -0.0681. The lowest BCUT2D eigenvalue weighted by Gasteiger charge is -2.16. The smallest absolute Gasteiger partial charge is 0.257 e. The summed E-state index contributed by atoms with van der Waals surface area (Å²) in [7, 11) is 1.81. The van der Waals surface area contributed by atoms with E-state index in [0.29, 0.717) is 17.8 Å². The lowest BCUT2D eigenvalue weighted by atomic mass is 10.0. The molecule has 0 bridgehead atoms. The van der Waals surface area contributed by atoms with Crippen molar-refractivity contribution < 1.29 is 4.79 Å². The van der Waals surface area contributed by atoms with Crippen molar-refractivity contribution >= 4 is 17.2 Å². The van der Waals surface area contributed by atoms with Crippen LogP contribution in [0.2, 0.25) is 0 Å². The monoisotopic (exact) mass is 416 g/mol. The lowest BCUT2D eigenvalue weighted by Crippen LogP contribution is -2.26. The Morgan fingerprint density at radius 1 is 1.10 bits per heavy atom. The number of hydrogen-bond acceptors (Lipinski definition) is 4. The molecule has 2 aromatic carbocycles. The van der Waals surface area contributed by atoms with Crippen LogP contribution >= 0.6 is 11.3 Å². The highest BCUT2D eigenvalue weighted by atomic mass is 32.1. The van der Waals surface area contributed by atoms with Gasteiger partial charge in [-0.15, -0.1) is 11.3 Å². The molecule has 0 aliphatic carbocycles. The summed E-state index contributed by atoms with van der Waals surface area (Å²) in [6.45, 7) is 4.60. The molecular formula is C24H24N4OS. The van der Waals surface area contributed by atoms with Crippen molar-refractivity contribution in [1.29, 1.82) is 0 Å². The predicted octanol–water partition coefficient (Wildman–Crippen LogP) is 5.14. The van der Waals surface area contributed by atoms with Gasteiger partial charge in [0.2, 0.25) is 0 Å². The van der Waals surface area contributed by atoms with Crippen molar-refractivity contribution in [2.75, 3.05) is 7.05 Å². The molecule has 0 saturated heterocycles. The van der Waals surface area contributed by atoms with E-state index in [1.165, 1.54) is 0 Å². The first-order chi connectivity index (χ1) is 14.6. The summed E-state index contributed by atoms with van der Waals surface area (Å²) in [6, 6.07) is 17.9. The molecule has 0 saturated carbocycles. The van der Waals surface area contributed by atoms with Crippen molar-refractivity contribution in [1.82, 2.24) is 19.7 Å². The minimum absolute atomic E-state index is 0.0681. The Labute approximate surface area is 180 Å². The quantitative estimate of drug-likeness (QED) is 0.437. The van der Waals surface area contributed by atoms with Gasteiger partial charge in [0.25, 0.3) is 5.91 Å². The molecule has 2 heterocycles. The molecule has 1 amide bonds. The number of carbonyl (C=O) groups is 1. The largest absolute Gasteiger partial charge is 0.336 e. The molecule has 5 nitrogen and oxygen atoms in total. The summed E-state index contributed by atoms with van der Waals surface area (Å²) in [4.78, 5) is 19.7. The van der Waals surface area contributed by atoms with Crippen LogP contribution < -0.4 is 0 Å². The van der Waals surface area contributed by atoms with Crippen LogP contribution in [0.5, 0.6) is 0 Å². The minimum Gasteiger partial charge on any atom is -0.336 e. The molecule has 4 rings (SSSR count). The van der Waals surface area contributed by atoms with Crippen molar-refractivity contribution in [3.63, 3.8) is 0 Å². The second-order valence-corrected chi connectivity index (χ2v) is 8.18. The Bertz CT molecular complexity index is 1160. The van der Waals surface area contributed by atoms with Crippen molar-refractivity contribution in [2.45, 2.75) is 26.8 Å². The Hall–Kier alpha value is -3.25. The molecule has 2 aromatic heterocycles. The van der Waals surface area contributed by atoms with E-state index in [1.807, 2.05) is 80.1 Å². The zero-order valence-corrected chi connectivity index (χ0v) is 18.2. The second-order valence-electron chi connectivity index (χ2n) is 7.23. The van der Waals surface area contributed by atoms with Crippen molar-refractivity contribution in [3.05, 3.63) is 88.0 Å². The van der Waals surface area contributed by atoms with E-state index in [0.717, 1.165) is 33.9 Å². The van der Waals surface area contributed by atoms with E-state index in [1.54, 1.807) is 20.9 Å². The number of thiazole rings is 1. The molecular weight excluding hydrogens is 392 g/mol. The number of hydrogen-bond donors (Lipinski definition) is 0. The highest BCUT2D eigenvalue weighted by molar-refractivity contribution is 7.09. The van der Waals surface area contributed by atoms with E-state index in [4.69, 9.17) is 5.10 Å². The molecule has 0 aliphatic heterocycles. The molecule has 0 aliphatic rings. The number of para-hydroxylation sites is 1. The van der Waals surface area contributed by atoms with E-state index in [2.05, 4.69) is 11.9 Å². The summed E-state index contributed by atoms with van der Waals surface area (Å²) >= 11 is 1.64. The number of carbonyl (C=O) groups excluding carboxylic acids is 1. The fourth-order valence-electron chi connectivity index (χ4n) is 3.39. The second kappa shape index (κ2) is 8.63. The average Bonchev–Trinajstić information content (AvgIpc) is 3.41. The van der Waals surface area contributed by atoms with Crippen LogP contribution in [0.3, 0.4) is 0 Å². The van der Waals surface area contributed by atoms with Crippen LogP contribution in [0.4, 0.5) is 0 Å². The fourth-order valence-corrected chi connectivity index (χ4v) is 4.12. The molecule has 0 spiro atoms. The van der Waals surface area contributed by atoms with Crippen LogP contribution in [0.15, 0.2) is 66.2 Å². The molecule has 0 radical (unpaired) electrons. The summed E-state index contributed by atoms with van der Waals surface area (Å²) in [6.07, 6.45) is 2.73. The van der Waals surface area contributed by atoms with Gasteiger partial charge in [-0.1, -0.05) is 49.4 Å². The summed E-state index contributed by atoms with van der Waals surface area (Å²) < 4.78 is 1.78. The van der Waals surface area contributed by atoms with Gasteiger partial charge in [0, 0.05) is 24.2 Å². The summed E-state index contributed by atoms with van der Waals surface area (Å²) in [5, 5.41) is 7.91. The molecule has 0 atom stereocenters. The molecule has 152 valence electrons. The third-order valence-electron chi connectivity index (χ3n) is 5.01. The van der Waals surface area contributed by atoms with Gasteiger partial charge in [-0.3, -0.25) is 4.79 Å². The van der Waals surface area contributed by atoms with Gasteiger partial charge in [-0.25, -0.2) is 9.67 Å². The number of aromatic nitrogens is 3. The normalized spacial score (nSPS) is 10.9. The maximum atomic E-state index is 13.4. The maximum absolute atomic E-state index is 13.4. The highest BCUT2D eigenvalue weighted by Gasteiger charge is 2.23. The number of aryl methyl sites for hydroxylation is 2. The van der Waals surface area contributed by atoms with Crippen LogP contribution in [-0.2, 0) is 13.0 Å². The first-order valence-electron chi connectivity index (χ1n) is 9.96. The van der Waals surface area contributed by atoms with Gasteiger partial charge >= 0.3 is 0 Å². The van der Waals surface area contributed by atoms with Gasteiger partial charge in [0.1, 0.15) is 5.69 Å². The minimum atomic E-state index is -0.0681. The number of rotatable bonds is 6. The highest BCUT2D eigenvalue weighted by Crippen LogP contribution is 2.28. The number of nitrogens with zero attached hydrogens (tertiary/aromatic N) is 4. The fraction of sp³-hybridized carbons (Fsp3) is 0.208. The number of benzene rings is 2. The van der Waals surface area contributed by atoms with E-state index < -0.39 is 0 Å². The van der Waals surface area contributed by atoms with Crippen LogP contribution in [0.1, 0.15) is 33.5 Å². The zero-order chi connectivity index (χ0) is 21.1. The van der Waals surface area contributed by atoms with E-state index in [9.17, 15) is 4.79 Å². The Kier molecular flexibility index (Phi) is 5.77.